The van der Waals surface area contributed by atoms with Gasteiger partial charge in [-0.05, 0) is 86.7 Å². The van der Waals surface area contributed by atoms with Gasteiger partial charge in [-0.2, -0.15) is 9.97 Å². The first-order chi connectivity index (χ1) is 53.3. The van der Waals surface area contributed by atoms with Gasteiger partial charge in [0.15, 0.2) is 46.2 Å². The van der Waals surface area contributed by atoms with Gasteiger partial charge in [-0.3, -0.25) is 71.0 Å². The van der Waals surface area contributed by atoms with Crippen molar-refractivity contribution < 1.29 is 108 Å². The van der Waals surface area contributed by atoms with Crippen molar-refractivity contribution in [2.24, 2.45) is 0 Å². The molecule has 16 N–H and O–H groups in total. The summed E-state index contributed by atoms with van der Waals surface area (Å²) in [5, 5.41) is 11.0. The van der Waals surface area contributed by atoms with Crippen LogP contribution in [0.15, 0.2) is 66.5 Å². The van der Waals surface area contributed by atoms with Gasteiger partial charge in [-0.1, -0.05) is 0 Å². The lowest BCUT2D eigenvalue weighted by Crippen LogP contribution is -2.51. The molecule has 24 atom stereocenters. The fraction of sp³-hybridized carbons (Fsp3) is 0.582. The summed E-state index contributed by atoms with van der Waals surface area (Å²) >= 11 is 27.7. The molecule has 15 heterocycles. The SMILES string of the molecule is COP(O)(=S)O[C@@H]1C[C@H](n2cnc3c(=O)[nH]c(N)nc32)O[C@@H]1COP(O)(=S)O[C@@H]1C[C@H](n2cc(C)c(=O)[nH]c2=O)O[C@@H]1COP(O)(=S)O[C@@H]1C[C@H](n2cc(C)c(=O)[nH]c2=O)O[C@@H]1COP(O)(=S)O[C@@H]1C2O[C@@H](C)[C@]1(COP(O)(=S)O[C@@H]1C3O[C@@H](C)[C@]1(CO)O[C@H]3n1cnc3c(N)ncnc31)O[C@H]2n1cnc2c(=O)[nH]c(N)nc21. The van der Waals surface area contributed by atoms with Crippen LogP contribution in [-0.2, 0) is 137 Å². The molecule has 7 fully saturated rings. The van der Waals surface area contributed by atoms with Crippen LogP contribution in [0.25, 0.3) is 33.5 Å². The number of nitrogen functional groups attached to an aromatic ring is 3. The number of aliphatic hydroxyl groups is 1. The Morgan fingerprint density at radius 2 is 0.903 bits per heavy atom. The van der Waals surface area contributed by atoms with E-state index >= 15 is 0 Å². The van der Waals surface area contributed by atoms with Gasteiger partial charge < -0.3 is 116 Å². The maximum absolute atomic E-state index is 13.5. The standard InChI is InChI=1S/C55H70N19O29P5S5/c1-20-9-70(52(80)68-44(20)76)30-6-25(100-105(83,110)88-11-27-24(99-104(82,109)87-5)8-32(96-27)72-17-62-34-42(72)64-50(57)66-46(34)78)28(94-30)12-89-106(84,111)101-26-7-31(71-10-21(2)45(77)69-53(71)81)95-29(26)13-90-107(85,112)103-39-37-49(74-19-63-35-43(74)65-51(58)67-47(35)79)98-55(39,23(4)93-37)15-91-108(86,113)102-38-36-48(97-54(38,14-75)22(3)92-36)73-18-61-33-40(56)59-16-60-41(33)73/h9-10,16-19,22-32,36-39,48-49,75H,6-8,11-15H2,1-5H3,(H,82,109)(H,83,110)(H,84,111)(H,85,112)(H,86,113)(H2,56,59,60)(H,68,76,80)(H,69,77,81)(H3,57,64,66,78)(H3,58,65,67,79)/t22-,23-,24+,25+,26+,27+,28+,29+,30+,31+,32+,36?,37?,38+,39+,48+,49+,54-,55-,104?,105?,106?,107?,108?/m0/s1. The van der Waals surface area contributed by atoms with Gasteiger partial charge in [0.1, 0.15) is 84.5 Å². The molecule has 614 valence electrons. The lowest BCUT2D eigenvalue weighted by Gasteiger charge is -2.38. The number of rotatable bonds is 29. The van der Waals surface area contributed by atoms with Crippen LogP contribution in [0.2, 0.25) is 0 Å². The van der Waals surface area contributed by atoms with E-state index in [1.54, 1.807) is 6.92 Å². The van der Waals surface area contributed by atoms with Crippen molar-refractivity contribution in [3.63, 3.8) is 0 Å². The number of H-pyrrole nitrogens is 4. The highest BCUT2D eigenvalue weighted by Crippen LogP contribution is 2.62. The Hall–Kier alpha value is -5.66. The van der Waals surface area contributed by atoms with Crippen LogP contribution >= 0.6 is 33.6 Å². The number of anilines is 3. The monoisotopic (exact) mass is 1780 g/mol. The normalized spacial score (nSPS) is 32.9. The molecule has 7 unspecified atom stereocenters. The first-order valence-corrected chi connectivity index (χ1v) is 46.7. The summed E-state index contributed by atoms with van der Waals surface area (Å²) in [6.45, 7) is -20.3. The first-order valence-electron chi connectivity index (χ1n) is 33.7. The number of nitrogens with two attached hydrogens (primary N) is 3. The van der Waals surface area contributed by atoms with Crippen molar-refractivity contribution in [1.29, 1.82) is 0 Å². The van der Waals surface area contributed by atoms with Crippen LogP contribution in [0.4, 0.5) is 17.7 Å². The number of nitrogens with one attached hydrogen (secondary N) is 4. The Bertz CT molecular complexity index is 5720. The molecule has 48 nitrogen and oxygen atoms in total. The lowest BCUT2D eigenvalue weighted by molar-refractivity contribution is -0.217. The molecule has 15 rings (SSSR count). The number of aliphatic hydroxyl groups excluding tert-OH is 1. The summed E-state index contributed by atoms with van der Waals surface area (Å²) in [7, 11) is 1.12. The van der Waals surface area contributed by atoms with Gasteiger partial charge in [-0.25, -0.2) is 34.5 Å². The van der Waals surface area contributed by atoms with Gasteiger partial charge in [0.25, 0.3) is 22.2 Å². The second kappa shape index (κ2) is 30.9. The van der Waals surface area contributed by atoms with E-state index in [9.17, 15) is 58.3 Å². The minimum atomic E-state index is -4.79. The second-order valence-corrected chi connectivity index (χ2v) is 41.0. The molecule has 7 saturated heterocycles. The number of fused-ring (bicyclic) bond motifs is 7. The first kappa shape index (κ1) is 82.4. The number of hydrogen-bond acceptors (Lipinski definition) is 39. The van der Waals surface area contributed by atoms with Gasteiger partial charge in [0.05, 0.1) is 82.5 Å². The maximum Gasteiger partial charge on any atom is 0.330 e. The largest absolute Gasteiger partial charge is 0.393 e. The maximum atomic E-state index is 13.5. The van der Waals surface area contributed by atoms with Crippen molar-refractivity contribution in [2.75, 3.05) is 57.3 Å². The van der Waals surface area contributed by atoms with Crippen LogP contribution in [-0.4, -0.2) is 232 Å². The second-order valence-electron chi connectivity index (χ2n) is 26.9. The Labute approximate surface area is 656 Å². The average Bonchev–Trinajstić information content (AvgIpc) is 1.55. The van der Waals surface area contributed by atoms with Gasteiger partial charge in [-0.15, -0.1) is 0 Å². The number of aromatic amines is 4. The van der Waals surface area contributed by atoms with E-state index in [0.717, 1.165) is 16.2 Å². The third kappa shape index (κ3) is 16.0. The summed E-state index contributed by atoms with van der Waals surface area (Å²) in [4.78, 5) is 176. The van der Waals surface area contributed by atoms with E-state index in [1.165, 1.54) is 72.2 Å². The molecular formula is C55H70N19O29P5S5. The van der Waals surface area contributed by atoms with Crippen molar-refractivity contribution in [1.82, 2.24) is 77.7 Å². The number of aryl methyl sites for hydroxylation is 2. The number of aromatic nitrogens is 16. The molecule has 0 radical (unpaired) electrons. The van der Waals surface area contributed by atoms with E-state index in [1.807, 2.05) is 0 Å². The molecule has 7 aliphatic rings. The molecule has 0 aliphatic carbocycles. The van der Waals surface area contributed by atoms with Crippen LogP contribution in [0.1, 0.15) is 75.4 Å². The zero-order valence-electron chi connectivity index (χ0n) is 58.9. The fourth-order valence-corrected chi connectivity index (χ4v) is 21.2. The highest BCUT2D eigenvalue weighted by atomic mass is 32.5. The minimum absolute atomic E-state index is 0.0194. The molecular weight excluding hydrogens is 1710 g/mol. The van der Waals surface area contributed by atoms with Crippen molar-refractivity contribution in [2.45, 2.75) is 163 Å². The third-order valence-corrected chi connectivity index (χ3v) is 27.9. The molecule has 0 aromatic carbocycles. The van der Waals surface area contributed by atoms with Crippen LogP contribution < -0.4 is 50.8 Å². The molecule has 113 heavy (non-hydrogen) atoms. The van der Waals surface area contributed by atoms with E-state index in [4.69, 9.17) is 155 Å². The van der Waals surface area contributed by atoms with E-state index in [0.29, 0.717) is 0 Å². The lowest BCUT2D eigenvalue weighted by atomic mass is 9.94. The van der Waals surface area contributed by atoms with Crippen molar-refractivity contribution in [3.8, 4) is 0 Å². The Morgan fingerprint density at radius 3 is 1.38 bits per heavy atom. The fourth-order valence-electron chi connectivity index (χ4n) is 14.4. The van der Waals surface area contributed by atoms with Gasteiger partial charge in [0, 0.05) is 49.9 Å². The predicted octanol–water partition coefficient (Wildman–Crippen LogP) is -1.76. The molecule has 0 spiro atoms. The minimum Gasteiger partial charge on any atom is -0.393 e. The summed E-state index contributed by atoms with van der Waals surface area (Å²) in [5.74, 6) is -0.473. The summed E-state index contributed by atoms with van der Waals surface area (Å²) in [6, 6.07) is 0. The number of nitrogens with zero attached hydrogens (tertiary/aromatic N) is 12. The molecule has 0 amide bonds. The highest BCUT2D eigenvalue weighted by Gasteiger charge is 2.71. The molecule has 58 heteroatoms. The molecule has 8 aromatic rings. The van der Waals surface area contributed by atoms with E-state index < -0.39 is 216 Å². The summed E-state index contributed by atoms with van der Waals surface area (Å²) in [5.41, 5.74) is 9.85. The Morgan fingerprint density at radius 1 is 0.504 bits per heavy atom. The topological polar surface area (TPSA) is 637 Å². The highest BCUT2D eigenvalue weighted by molar-refractivity contribution is 8.08. The third-order valence-electron chi connectivity index (χ3n) is 19.9. The van der Waals surface area contributed by atoms with Crippen molar-refractivity contribution in [3.05, 3.63) is 111 Å². The van der Waals surface area contributed by atoms with Gasteiger partial charge in [0.2, 0.25) is 11.9 Å². The number of imidazole rings is 3. The molecule has 7 aliphatic heterocycles. The zero-order chi connectivity index (χ0) is 80.7. The number of ether oxygens (including phenoxy) is 7. The molecule has 0 saturated carbocycles. The van der Waals surface area contributed by atoms with Crippen molar-refractivity contribution >= 4 is 144 Å². The van der Waals surface area contributed by atoms with Gasteiger partial charge >= 0.3 is 45.0 Å². The summed E-state index contributed by atoms with van der Waals surface area (Å²) in [6.07, 6.45) is -15.1. The number of hydrogen-bond donors (Lipinski definition) is 13. The van der Waals surface area contributed by atoms with Crippen LogP contribution in [0, 0.1) is 13.8 Å². The van der Waals surface area contributed by atoms with Crippen LogP contribution in [0.5, 0.6) is 0 Å². The Kier molecular flexibility index (Phi) is 22.6. The zero-order valence-corrected chi connectivity index (χ0v) is 67.4. The summed E-state index contributed by atoms with van der Waals surface area (Å²) < 4.78 is 111. The van der Waals surface area contributed by atoms with E-state index in [-0.39, 0.29) is 81.6 Å². The molecule has 8 aromatic heterocycles. The predicted molar refractivity (Wildman–Crippen MR) is 402 cm³/mol. The smallest absolute Gasteiger partial charge is 0.330 e. The average molecular weight is 1780 g/mol. The Balaban J connectivity index is 0.667. The quantitative estimate of drug-likeness (QED) is 0.0231. The van der Waals surface area contributed by atoms with E-state index in [2.05, 4.69) is 54.8 Å². The molecule has 4 bridgehead atoms. The van der Waals surface area contributed by atoms with Crippen LogP contribution in [0.3, 0.4) is 0 Å².